The van der Waals surface area contributed by atoms with Gasteiger partial charge in [-0.15, -0.1) is 11.2 Å². The Balaban J connectivity index is 0.000000419. The second kappa shape index (κ2) is 7.70. The number of rotatable bonds is 0. The van der Waals surface area contributed by atoms with E-state index in [1.165, 1.54) is 11.4 Å². The first kappa shape index (κ1) is 27.6. The second-order valence-electron chi connectivity index (χ2n) is 8.92. The number of hydrazine groups is 4. The summed E-state index contributed by atoms with van der Waals surface area (Å²) in [6, 6.07) is 0. The number of halogens is 6. The van der Waals surface area contributed by atoms with Gasteiger partial charge in [-0.2, -0.15) is 5.53 Å². The van der Waals surface area contributed by atoms with Crippen molar-refractivity contribution < 1.29 is 25.2 Å². The molecular formula is C16H33F6N6P-2. The van der Waals surface area contributed by atoms with Gasteiger partial charge in [-0.1, -0.05) is 41.5 Å². The van der Waals surface area contributed by atoms with Crippen molar-refractivity contribution in [1.29, 1.82) is 0 Å². The van der Waals surface area contributed by atoms with Gasteiger partial charge in [0.1, 0.15) is 0 Å². The molecule has 2 N–H and O–H groups in total. The van der Waals surface area contributed by atoms with Crippen LogP contribution in [0.15, 0.2) is 17.6 Å². The first-order valence-corrected chi connectivity index (χ1v) is 10.7. The monoisotopic (exact) mass is 454 g/mol. The van der Waals surface area contributed by atoms with Crippen LogP contribution in [0.1, 0.15) is 41.5 Å². The molecule has 0 aromatic rings. The predicted octanol–water partition coefficient (Wildman–Crippen LogP) is 5.53. The third-order valence-corrected chi connectivity index (χ3v) is 3.37. The standard InChI is InChI=1S/C8H17N3.C8H16N3.F6P/c2*1-8(2,3)7-6-10(4)9-11(7)5;1-7(2,3,4,5)6/h6,9H,1-5H3;9H,1-5H3;/q;2*-1. The molecule has 0 saturated carbocycles. The van der Waals surface area contributed by atoms with Crippen LogP contribution in [0.2, 0.25) is 0 Å². The van der Waals surface area contributed by atoms with Crippen molar-refractivity contribution in [2.45, 2.75) is 41.5 Å². The van der Waals surface area contributed by atoms with Gasteiger partial charge in [0.15, 0.2) is 0 Å². The number of nitrogens with zero attached hydrogens (tertiary/aromatic N) is 4. The predicted molar refractivity (Wildman–Crippen MR) is 105 cm³/mol. The van der Waals surface area contributed by atoms with Crippen molar-refractivity contribution in [3.8, 4) is 0 Å². The fourth-order valence-electron chi connectivity index (χ4n) is 2.49. The Morgan fingerprint density at radius 3 is 1.31 bits per heavy atom. The number of hydrogen-bond donors (Lipinski definition) is 2. The molecule has 6 nitrogen and oxygen atoms in total. The van der Waals surface area contributed by atoms with Crippen LogP contribution in [0.4, 0.5) is 25.2 Å². The molecule has 13 heteroatoms. The van der Waals surface area contributed by atoms with Crippen LogP contribution >= 0.6 is 7.81 Å². The van der Waals surface area contributed by atoms with E-state index in [9.17, 15) is 25.2 Å². The maximum atomic E-state index is 9.87. The topological polar surface area (TPSA) is 37.0 Å². The van der Waals surface area contributed by atoms with E-state index in [0.717, 1.165) is 0 Å². The fraction of sp³-hybridized carbons (Fsp3) is 0.750. The summed E-state index contributed by atoms with van der Waals surface area (Å²) >= 11 is 0. The summed E-state index contributed by atoms with van der Waals surface area (Å²) in [6.45, 7) is 13.1. The van der Waals surface area contributed by atoms with E-state index in [2.05, 4.69) is 65.0 Å². The van der Waals surface area contributed by atoms with E-state index >= 15 is 0 Å². The Hall–Kier alpha value is -1.39. The molecule has 2 aliphatic rings. The van der Waals surface area contributed by atoms with E-state index in [4.69, 9.17) is 0 Å². The Bertz CT molecular complexity index is 579. The summed E-state index contributed by atoms with van der Waals surface area (Å²) < 4.78 is 59.2. The molecule has 0 atom stereocenters. The molecule has 2 heterocycles. The summed E-state index contributed by atoms with van der Waals surface area (Å²) in [6.07, 6.45) is 5.32. The zero-order valence-electron chi connectivity index (χ0n) is 18.6. The quantitative estimate of drug-likeness (QED) is 0.285. The third-order valence-electron chi connectivity index (χ3n) is 3.37. The average Bonchev–Trinajstić information content (AvgIpc) is 2.87. The number of nitrogens with one attached hydrogen (secondary N) is 2. The first-order chi connectivity index (χ1) is 12.3. The zero-order chi connectivity index (χ0) is 23.7. The summed E-state index contributed by atoms with van der Waals surface area (Å²) in [7, 11) is -2.70. The summed E-state index contributed by atoms with van der Waals surface area (Å²) in [5.41, 5.74) is 9.10. The van der Waals surface area contributed by atoms with Gasteiger partial charge < -0.3 is 16.2 Å². The number of hydrogen-bond acceptors (Lipinski definition) is 6. The van der Waals surface area contributed by atoms with Gasteiger partial charge in [-0.25, -0.2) is 0 Å². The van der Waals surface area contributed by atoms with Crippen molar-refractivity contribution in [2.75, 3.05) is 28.2 Å². The summed E-state index contributed by atoms with van der Waals surface area (Å²) in [5, 5.41) is 7.82. The fourth-order valence-corrected chi connectivity index (χ4v) is 2.49. The molecule has 29 heavy (non-hydrogen) atoms. The molecule has 176 valence electrons. The minimum atomic E-state index is -10.7. The normalized spacial score (nSPS) is 20.1. The van der Waals surface area contributed by atoms with Crippen molar-refractivity contribution >= 4 is 7.81 Å². The van der Waals surface area contributed by atoms with Gasteiger partial charge >= 0.3 is 33.0 Å². The molecule has 0 amide bonds. The van der Waals surface area contributed by atoms with Crippen molar-refractivity contribution in [3.05, 3.63) is 23.8 Å². The van der Waals surface area contributed by atoms with Crippen LogP contribution < -0.4 is 11.1 Å². The van der Waals surface area contributed by atoms with Crippen molar-refractivity contribution in [3.63, 3.8) is 0 Å². The third kappa shape index (κ3) is 13.5. The molecule has 0 saturated heterocycles. The molecule has 2 rings (SSSR count). The molecule has 0 aromatic carbocycles. The Morgan fingerprint density at radius 2 is 1.17 bits per heavy atom. The van der Waals surface area contributed by atoms with Crippen LogP contribution in [-0.4, -0.2) is 48.2 Å². The van der Waals surface area contributed by atoms with Crippen molar-refractivity contribution in [2.24, 2.45) is 10.8 Å². The van der Waals surface area contributed by atoms with Crippen LogP contribution in [-0.2, 0) is 0 Å². The van der Waals surface area contributed by atoms with Gasteiger partial charge in [-0.05, 0) is 12.5 Å². The molecule has 0 unspecified atom stereocenters. The molecule has 0 radical (unpaired) electrons. The molecule has 0 spiro atoms. The van der Waals surface area contributed by atoms with Crippen molar-refractivity contribution in [1.82, 2.24) is 31.1 Å². The Labute approximate surface area is 169 Å². The van der Waals surface area contributed by atoms with Crippen LogP contribution in [0.25, 0.3) is 0 Å². The van der Waals surface area contributed by atoms with Crippen LogP contribution in [0.5, 0.6) is 0 Å². The SMILES string of the molecule is CN1C=C(C(C)(C)C)N(C)N1.CN1[C-]=C(C(C)(C)C)N(C)N1.F[P-](F)(F)(F)(F)F. The second-order valence-corrected chi connectivity index (χ2v) is 10.8. The molecule has 0 aromatic heterocycles. The molecule has 0 fully saturated rings. The minimum absolute atomic E-state index is 0.159. The maximum absolute atomic E-state index is 10.7. The van der Waals surface area contributed by atoms with Crippen LogP contribution in [0.3, 0.4) is 0 Å². The van der Waals surface area contributed by atoms with Gasteiger partial charge in [-0.3, -0.25) is 10.0 Å². The van der Waals surface area contributed by atoms with E-state index in [1.54, 1.807) is 0 Å². The van der Waals surface area contributed by atoms with Gasteiger partial charge in [0.2, 0.25) is 0 Å². The van der Waals surface area contributed by atoms with E-state index in [1.807, 2.05) is 48.2 Å². The molecule has 0 aliphatic carbocycles. The Morgan fingerprint density at radius 1 is 0.759 bits per heavy atom. The summed E-state index contributed by atoms with van der Waals surface area (Å²) in [4.78, 5) is 0. The van der Waals surface area contributed by atoms with E-state index in [0.29, 0.717) is 0 Å². The Kier molecular flexibility index (Phi) is 7.33. The molecule has 2 aliphatic heterocycles. The van der Waals surface area contributed by atoms with Gasteiger partial charge in [0, 0.05) is 32.8 Å². The first-order valence-electron chi connectivity index (χ1n) is 8.67. The molecular weight excluding hydrogens is 421 g/mol. The van der Waals surface area contributed by atoms with Crippen LogP contribution in [0, 0.1) is 17.0 Å². The molecule has 0 bridgehead atoms. The van der Waals surface area contributed by atoms with E-state index < -0.39 is 7.81 Å². The zero-order valence-corrected chi connectivity index (χ0v) is 19.5. The number of allylic oxidation sites excluding steroid dienone is 2. The summed E-state index contributed by atoms with van der Waals surface area (Å²) in [5.74, 6) is 0. The van der Waals surface area contributed by atoms with E-state index in [-0.39, 0.29) is 10.8 Å². The van der Waals surface area contributed by atoms with Gasteiger partial charge in [0.25, 0.3) is 0 Å². The van der Waals surface area contributed by atoms with Gasteiger partial charge in [0.05, 0.1) is 5.70 Å². The average molecular weight is 454 g/mol.